The Labute approximate surface area is 99.6 Å². The van der Waals surface area contributed by atoms with E-state index in [0.717, 1.165) is 35.6 Å². The quantitative estimate of drug-likeness (QED) is 0.803. The minimum absolute atomic E-state index is 0.743. The van der Waals surface area contributed by atoms with E-state index in [0.29, 0.717) is 0 Å². The Kier molecular flexibility index (Phi) is 3.94. The third kappa shape index (κ3) is 3.13. The van der Waals surface area contributed by atoms with Crippen LogP contribution in [0.4, 0.5) is 0 Å². The summed E-state index contributed by atoms with van der Waals surface area (Å²) in [6.45, 7) is 5.52. The fourth-order valence-corrected chi connectivity index (χ4v) is 2.60. The highest BCUT2D eigenvalue weighted by atomic mass is 35.5. The van der Waals surface area contributed by atoms with Crippen LogP contribution < -0.4 is 0 Å². The van der Waals surface area contributed by atoms with Crippen molar-refractivity contribution in [1.82, 2.24) is 14.5 Å². The summed E-state index contributed by atoms with van der Waals surface area (Å²) in [7, 11) is 0. The van der Waals surface area contributed by atoms with Gasteiger partial charge in [0.2, 0.25) is 0 Å². The SMILES string of the molecule is CC1CCCN(Cc2nnsc2Cl)CC1. The van der Waals surface area contributed by atoms with Crippen LogP contribution in [0.3, 0.4) is 0 Å². The lowest BCUT2D eigenvalue weighted by molar-refractivity contribution is 0.270. The summed E-state index contributed by atoms with van der Waals surface area (Å²) in [5.41, 5.74) is 0.941. The van der Waals surface area contributed by atoms with Crippen LogP contribution in [0.1, 0.15) is 31.9 Å². The lowest BCUT2D eigenvalue weighted by Crippen LogP contribution is -2.24. The van der Waals surface area contributed by atoms with E-state index >= 15 is 0 Å². The molecule has 1 aliphatic heterocycles. The summed E-state index contributed by atoms with van der Waals surface area (Å²) in [5.74, 6) is 0.860. The molecule has 0 radical (unpaired) electrons. The van der Waals surface area contributed by atoms with Gasteiger partial charge < -0.3 is 0 Å². The van der Waals surface area contributed by atoms with Crippen molar-refractivity contribution in [2.45, 2.75) is 32.7 Å². The number of rotatable bonds is 2. The van der Waals surface area contributed by atoms with Gasteiger partial charge in [-0.3, -0.25) is 4.90 Å². The normalized spacial score (nSPS) is 24.0. The first kappa shape index (κ1) is 11.3. The number of hydrogen-bond acceptors (Lipinski definition) is 4. The Morgan fingerprint density at radius 1 is 1.47 bits per heavy atom. The van der Waals surface area contributed by atoms with Crippen molar-refractivity contribution in [2.75, 3.05) is 13.1 Å². The van der Waals surface area contributed by atoms with E-state index in [1.54, 1.807) is 0 Å². The van der Waals surface area contributed by atoms with Gasteiger partial charge in [-0.05, 0) is 38.3 Å². The molecule has 0 aliphatic carbocycles. The maximum Gasteiger partial charge on any atom is 0.138 e. The predicted molar refractivity (Wildman–Crippen MR) is 63.2 cm³/mol. The molecule has 0 N–H and O–H groups in total. The molecule has 1 aliphatic rings. The smallest absolute Gasteiger partial charge is 0.138 e. The van der Waals surface area contributed by atoms with Crippen molar-refractivity contribution in [3.05, 3.63) is 10.0 Å². The van der Waals surface area contributed by atoms with Gasteiger partial charge in [0, 0.05) is 18.1 Å². The molecule has 0 saturated carbocycles. The van der Waals surface area contributed by atoms with Crippen molar-refractivity contribution in [3.63, 3.8) is 0 Å². The maximum atomic E-state index is 6.00. The van der Waals surface area contributed by atoms with E-state index in [4.69, 9.17) is 11.6 Å². The Morgan fingerprint density at radius 3 is 3.07 bits per heavy atom. The van der Waals surface area contributed by atoms with Gasteiger partial charge in [0.25, 0.3) is 0 Å². The van der Waals surface area contributed by atoms with Crippen molar-refractivity contribution < 1.29 is 0 Å². The van der Waals surface area contributed by atoms with E-state index in [-0.39, 0.29) is 0 Å². The molecule has 0 amide bonds. The number of aromatic nitrogens is 2. The van der Waals surface area contributed by atoms with Gasteiger partial charge >= 0.3 is 0 Å². The van der Waals surface area contributed by atoms with E-state index in [1.807, 2.05) is 0 Å². The van der Waals surface area contributed by atoms with Crippen LogP contribution in [0.15, 0.2) is 0 Å². The van der Waals surface area contributed by atoms with Gasteiger partial charge in [0.1, 0.15) is 10.0 Å². The number of likely N-dealkylation sites (tertiary alicyclic amines) is 1. The van der Waals surface area contributed by atoms with Gasteiger partial charge in [-0.1, -0.05) is 23.0 Å². The topological polar surface area (TPSA) is 29.0 Å². The molecule has 2 heterocycles. The highest BCUT2D eigenvalue weighted by molar-refractivity contribution is 7.10. The lowest BCUT2D eigenvalue weighted by Gasteiger charge is -2.18. The highest BCUT2D eigenvalue weighted by Crippen LogP contribution is 2.22. The van der Waals surface area contributed by atoms with E-state index in [1.165, 1.54) is 30.8 Å². The van der Waals surface area contributed by atoms with Crippen molar-refractivity contribution >= 4 is 23.1 Å². The summed E-state index contributed by atoms with van der Waals surface area (Å²) < 4.78 is 4.60. The predicted octanol–water partition coefficient (Wildman–Crippen LogP) is 2.81. The summed E-state index contributed by atoms with van der Waals surface area (Å²) in [5, 5.41) is 4.05. The minimum Gasteiger partial charge on any atom is -0.297 e. The minimum atomic E-state index is 0.743. The molecule has 1 atom stereocenters. The molecule has 84 valence electrons. The van der Waals surface area contributed by atoms with Gasteiger partial charge in [-0.15, -0.1) is 5.10 Å². The van der Waals surface area contributed by atoms with Crippen molar-refractivity contribution in [3.8, 4) is 0 Å². The summed E-state index contributed by atoms with van der Waals surface area (Å²) in [6.07, 6.45) is 3.92. The van der Waals surface area contributed by atoms with Crippen molar-refractivity contribution in [1.29, 1.82) is 0 Å². The number of nitrogens with zero attached hydrogens (tertiary/aromatic N) is 3. The molecule has 15 heavy (non-hydrogen) atoms. The molecule has 0 spiro atoms. The largest absolute Gasteiger partial charge is 0.297 e. The second kappa shape index (κ2) is 5.23. The summed E-state index contributed by atoms with van der Waals surface area (Å²) in [4.78, 5) is 2.44. The zero-order chi connectivity index (χ0) is 10.7. The lowest BCUT2D eigenvalue weighted by atomic mass is 10.0. The Morgan fingerprint density at radius 2 is 2.33 bits per heavy atom. The summed E-state index contributed by atoms with van der Waals surface area (Å²) in [6, 6.07) is 0. The average Bonchev–Trinajstić information content (AvgIpc) is 2.48. The number of halogens is 1. The second-order valence-electron chi connectivity index (χ2n) is 4.31. The van der Waals surface area contributed by atoms with Gasteiger partial charge in [0.15, 0.2) is 0 Å². The number of hydrogen-bond donors (Lipinski definition) is 0. The molecule has 0 bridgehead atoms. The van der Waals surface area contributed by atoms with Crippen LogP contribution in [-0.2, 0) is 6.54 Å². The van der Waals surface area contributed by atoms with Crippen LogP contribution in [0.5, 0.6) is 0 Å². The zero-order valence-electron chi connectivity index (χ0n) is 8.95. The van der Waals surface area contributed by atoms with Gasteiger partial charge in [0.05, 0.1) is 0 Å². The highest BCUT2D eigenvalue weighted by Gasteiger charge is 2.16. The Balaban J connectivity index is 1.92. The second-order valence-corrected chi connectivity index (χ2v) is 5.66. The first-order chi connectivity index (χ1) is 7.25. The van der Waals surface area contributed by atoms with E-state index < -0.39 is 0 Å². The van der Waals surface area contributed by atoms with Gasteiger partial charge in [-0.25, -0.2) is 0 Å². The molecule has 5 heteroatoms. The Hall–Kier alpha value is -0.190. The van der Waals surface area contributed by atoms with Crippen LogP contribution in [-0.4, -0.2) is 27.6 Å². The molecule has 1 saturated heterocycles. The van der Waals surface area contributed by atoms with Crippen LogP contribution in [0.2, 0.25) is 4.34 Å². The average molecular weight is 246 g/mol. The molecular formula is C10H16ClN3S. The first-order valence-electron chi connectivity index (χ1n) is 5.45. The van der Waals surface area contributed by atoms with Crippen LogP contribution in [0, 0.1) is 5.92 Å². The van der Waals surface area contributed by atoms with Crippen molar-refractivity contribution in [2.24, 2.45) is 5.92 Å². The fourth-order valence-electron chi connectivity index (χ4n) is 1.98. The fraction of sp³-hybridized carbons (Fsp3) is 0.800. The van der Waals surface area contributed by atoms with Crippen LogP contribution >= 0.6 is 23.1 Å². The molecule has 1 aromatic heterocycles. The standard InChI is InChI=1S/C10H16ClN3S/c1-8-3-2-5-14(6-4-8)7-9-10(11)15-13-12-9/h8H,2-7H2,1H3. The molecule has 1 aromatic rings. The molecule has 0 aromatic carbocycles. The molecular weight excluding hydrogens is 230 g/mol. The monoisotopic (exact) mass is 245 g/mol. The Bertz CT molecular complexity index is 315. The molecule has 3 nitrogen and oxygen atoms in total. The first-order valence-corrected chi connectivity index (χ1v) is 6.60. The maximum absolute atomic E-state index is 6.00. The molecule has 1 unspecified atom stereocenters. The third-order valence-electron chi connectivity index (χ3n) is 2.99. The third-order valence-corrected chi connectivity index (χ3v) is 3.98. The summed E-state index contributed by atoms with van der Waals surface area (Å²) >= 11 is 7.27. The van der Waals surface area contributed by atoms with E-state index in [2.05, 4.69) is 21.4 Å². The van der Waals surface area contributed by atoms with Crippen LogP contribution in [0.25, 0.3) is 0 Å². The van der Waals surface area contributed by atoms with E-state index in [9.17, 15) is 0 Å². The molecule has 1 fully saturated rings. The zero-order valence-corrected chi connectivity index (χ0v) is 10.5. The van der Waals surface area contributed by atoms with Gasteiger partial charge in [-0.2, -0.15) is 0 Å². The molecule has 2 rings (SSSR count).